The monoisotopic (exact) mass is 366 g/mol. The zero-order valence-electron chi connectivity index (χ0n) is 13.3. The minimum Gasteiger partial charge on any atom is -0.326 e. The lowest BCUT2D eigenvalue weighted by Crippen LogP contribution is -2.14. The van der Waals surface area contributed by atoms with Crippen LogP contribution in [0.2, 0.25) is 5.02 Å². The van der Waals surface area contributed by atoms with Crippen LogP contribution in [0.25, 0.3) is 0 Å². The minimum absolute atomic E-state index is 0.0884. The summed E-state index contributed by atoms with van der Waals surface area (Å²) >= 11 is 5.77. The Labute approximate surface area is 147 Å². The summed E-state index contributed by atoms with van der Waals surface area (Å²) in [6.45, 7) is 2.01. The molecule has 0 radical (unpaired) electrons. The van der Waals surface area contributed by atoms with Crippen molar-refractivity contribution in [3.05, 3.63) is 53.6 Å². The molecule has 0 heterocycles. The van der Waals surface area contributed by atoms with E-state index in [-0.39, 0.29) is 10.8 Å². The summed E-state index contributed by atoms with van der Waals surface area (Å²) in [7, 11) is -3.71. The quantitative estimate of drug-likeness (QED) is 0.768. The highest BCUT2D eigenvalue weighted by atomic mass is 35.5. The van der Waals surface area contributed by atoms with E-state index in [4.69, 9.17) is 11.6 Å². The van der Waals surface area contributed by atoms with Gasteiger partial charge in [-0.15, -0.1) is 0 Å². The van der Waals surface area contributed by atoms with Crippen molar-refractivity contribution in [3.63, 3.8) is 0 Å². The van der Waals surface area contributed by atoms with Crippen molar-refractivity contribution >= 4 is 38.9 Å². The molecule has 0 bridgehead atoms. The lowest BCUT2D eigenvalue weighted by Gasteiger charge is -2.10. The number of rotatable bonds is 7. The Kier molecular flexibility index (Phi) is 6.23. The third-order valence-corrected chi connectivity index (χ3v) is 4.93. The van der Waals surface area contributed by atoms with Gasteiger partial charge in [-0.2, -0.15) is 0 Å². The van der Waals surface area contributed by atoms with Gasteiger partial charge < -0.3 is 5.32 Å². The van der Waals surface area contributed by atoms with Crippen LogP contribution >= 0.6 is 11.6 Å². The number of sulfonamides is 1. The summed E-state index contributed by atoms with van der Waals surface area (Å²) in [5, 5.41) is 3.22. The molecule has 2 rings (SSSR count). The maximum Gasteiger partial charge on any atom is 0.261 e. The first-order valence-corrected chi connectivity index (χ1v) is 9.45. The first-order chi connectivity index (χ1) is 11.4. The van der Waals surface area contributed by atoms with Crippen molar-refractivity contribution in [2.45, 2.75) is 31.1 Å². The van der Waals surface area contributed by atoms with Crippen molar-refractivity contribution in [2.24, 2.45) is 0 Å². The first kappa shape index (κ1) is 18.3. The molecule has 7 heteroatoms. The van der Waals surface area contributed by atoms with Crippen LogP contribution in [0.5, 0.6) is 0 Å². The van der Waals surface area contributed by atoms with Crippen LogP contribution in [0, 0.1) is 0 Å². The molecular formula is C17H19ClN2O3S. The van der Waals surface area contributed by atoms with E-state index in [1.807, 2.05) is 6.92 Å². The number of unbranched alkanes of at least 4 members (excludes halogenated alkanes) is 1. The van der Waals surface area contributed by atoms with Gasteiger partial charge in [-0.25, -0.2) is 8.42 Å². The number of nitrogens with one attached hydrogen (secondary N) is 2. The van der Waals surface area contributed by atoms with E-state index in [1.165, 1.54) is 24.3 Å². The molecule has 24 heavy (non-hydrogen) atoms. The van der Waals surface area contributed by atoms with Crippen LogP contribution in [0.3, 0.4) is 0 Å². The standard InChI is InChI=1S/C17H19ClN2O3S/c1-2-3-7-17(21)19-14-5-4-6-15(12-14)20-24(22,23)16-10-8-13(18)9-11-16/h4-6,8-12,20H,2-3,7H2,1H3,(H,19,21). The van der Waals surface area contributed by atoms with Crippen LogP contribution in [0.1, 0.15) is 26.2 Å². The Morgan fingerprint density at radius 1 is 1.08 bits per heavy atom. The molecule has 2 N–H and O–H groups in total. The summed E-state index contributed by atoms with van der Waals surface area (Å²) in [4.78, 5) is 11.9. The molecule has 0 aromatic heterocycles. The molecule has 0 aliphatic heterocycles. The zero-order valence-corrected chi connectivity index (χ0v) is 14.8. The number of benzene rings is 2. The van der Waals surface area contributed by atoms with Gasteiger partial charge in [0.25, 0.3) is 10.0 Å². The molecule has 0 saturated carbocycles. The molecule has 0 atom stereocenters. The van der Waals surface area contributed by atoms with Crippen molar-refractivity contribution in [1.29, 1.82) is 0 Å². The van der Waals surface area contributed by atoms with Gasteiger partial charge in [-0.1, -0.05) is 31.0 Å². The van der Waals surface area contributed by atoms with Crippen molar-refractivity contribution in [1.82, 2.24) is 0 Å². The van der Waals surface area contributed by atoms with E-state index >= 15 is 0 Å². The number of halogens is 1. The molecule has 0 unspecified atom stereocenters. The highest BCUT2D eigenvalue weighted by Crippen LogP contribution is 2.21. The van der Waals surface area contributed by atoms with Gasteiger partial charge in [-0.05, 0) is 48.9 Å². The molecular weight excluding hydrogens is 348 g/mol. The Morgan fingerprint density at radius 3 is 2.42 bits per heavy atom. The first-order valence-electron chi connectivity index (χ1n) is 7.59. The summed E-state index contributed by atoms with van der Waals surface area (Å²) in [6.07, 6.45) is 2.19. The lowest BCUT2D eigenvalue weighted by molar-refractivity contribution is -0.116. The maximum absolute atomic E-state index is 12.3. The third-order valence-electron chi connectivity index (χ3n) is 3.28. The highest BCUT2D eigenvalue weighted by Gasteiger charge is 2.14. The van der Waals surface area contributed by atoms with Gasteiger partial charge in [0.1, 0.15) is 0 Å². The van der Waals surface area contributed by atoms with E-state index in [9.17, 15) is 13.2 Å². The third kappa shape index (κ3) is 5.25. The topological polar surface area (TPSA) is 75.3 Å². The Hall–Kier alpha value is -2.05. The van der Waals surface area contributed by atoms with Crippen LogP contribution in [-0.2, 0) is 14.8 Å². The number of amides is 1. The van der Waals surface area contributed by atoms with Gasteiger partial charge in [0.05, 0.1) is 10.6 Å². The average molecular weight is 367 g/mol. The Bertz CT molecular complexity index is 805. The SMILES string of the molecule is CCCCC(=O)Nc1cccc(NS(=O)(=O)c2ccc(Cl)cc2)c1. The zero-order chi connectivity index (χ0) is 17.6. The number of hydrogen-bond donors (Lipinski definition) is 2. The second-order valence-electron chi connectivity index (χ2n) is 5.29. The average Bonchev–Trinajstić information content (AvgIpc) is 2.53. The summed E-state index contributed by atoms with van der Waals surface area (Å²) < 4.78 is 27.2. The summed E-state index contributed by atoms with van der Waals surface area (Å²) in [5.41, 5.74) is 0.922. The fourth-order valence-electron chi connectivity index (χ4n) is 2.05. The number of carbonyl (C=O) groups is 1. The normalized spacial score (nSPS) is 11.1. The van der Waals surface area contributed by atoms with E-state index in [1.54, 1.807) is 24.3 Å². The lowest BCUT2D eigenvalue weighted by atomic mass is 10.2. The van der Waals surface area contributed by atoms with Crippen molar-refractivity contribution in [3.8, 4) is 0 Å². The molecule has 1 amide bonds. The summed E-state index contributed by atoms with van der Waals surface area (Å²) in [5.74, 6) is -0.0884. The molecule has 0 saturated heterocycles. The molecule has 0 aliphatic carbocycles. The maximum atomic E-state index is 12.3. The number of carbonyl (C=O) groups excluding carboxylic acids is 1. The molecule has 0 aliphatic rings. The van der Waals surface area contributed by atoms with E-state index < -0.39 is 10.0 Å². The van der Waals surface area contributed by atoms with Gasteiger partial charge in [0, 0.05) is 17.1 Å². The molecule has 5 nitrogen and oxygen atoms in total. The Morgan fingerprint density at radius 2 is 1.75 bits per heavy atom. The van der Waals surface area contributed by atoms with Gasteiger partial charge >= 0.3 is 0 Å². The van der Waals surface area contributed by atoms with Crippen LogP contribution in [0.4, 0.5) is 11.4 Å². The second-order valence-corrected chi connectivity index (χ2v) is 7.41. The smallest absolute Gasteiger partial charge is 0.261 e. The van der Waals surface area contributed by atoms with Gasteiger partial charge in [0.2, 0.25) is 5.91 Å². The largest absolute Gasteiger partial charge is 0.326 e. The van der Waals surface area contributed by atoms with Crippen LogP contribution in [0.15, 0.2) is 53.4 Å². The highest BCUT2D eigenvalue weighted by molar-refractivity contribution is 7.92. The molecule has 0 fully saturated rings. The minimum atomic E-state index is -3.71. The Balaban J connectivity index is 2.11. The number of hydrogen-bond acceptors (Lipinski definition) is 3. The number of anilines is 2. The second kappa shape index (κ2) is 8.17. The predicted octanol–water partition coefficient (Wildman–Crippen LogP) is 4.27. The van der Waals surface area contributed by atoms with Crippen LogP contribution < -0.4 is 10.0 Å². The fourth-order valence-corrected chi connectivity index (χ4v) is 3.22. The van der Waals surface area contributed by atoms with Crippen molar-refractivity contribution < 1.29 is 13.2 Å². The van der Waals surface area contributed by atoms with E-state index in [0.717, 1.165) is 12.8 Å². The van der Waals surface area contributed by atoms with Gasteiger partial charge in [-0.3, -0.25) is 9.52 Å². The van der Waals surface area contributed by atoms with Crippen LogP contribution in [-0.4, -0.2) is 14.3 Å². The molecule has 128 valence electrons. The molecule has 0 spiro atoms. The fraction of sp³-hybridized carbons (Fsp3) is 0.235. The molecule has 2 aromatic rings. The molecule has 2 aromatic carbocycles. The predicted molar refractivity (Wildman–Crippen MR) is 96.9 cm³/mol. The van der Waals surface area contributed by atoms with Crippen molar-refractivity contribution in [2.75, 3.05) is 10.0 Å². The summed E-state index contributed by atoms with van der Waals surface area (Å²) in [6, 6.07) is 12.5. The van der Waals surface area contributed by atoms with E-state index in [0.29, 0.717) is 22.8 Å². The van der Waals surface area contributed by atoms with Gasteiger partial charge in [0.15, 0.2) is 0 Å². The van der Waals surface area contributed by atoms with E-state index in [2.05, 4.69) is 10.0 Å².